The summed E-state index contributed by atoms with van der Waals surface area (Å²) in [6.45, 7) is 6.31. The van der Waals surface area contributed by atoms with Crippen LogP contribution in [0.3, 0.4) is 0 Å². The Labute approximate surface area is 95.6 Å². The first-order valence-electron chi connectivity index (χ1n) is 5.25. The SMILES string of the molecule is CC(C)(C)n1nc(CN)c2c1CS(=O)(=O)C2. The highest BCUT2D eigenvalue weighted by Gasteiger charge is 2.34. The zero-order valence-corrected chi connectivity index (χ0v) is 10.6. The molecule has 5 nitrogen and oxygen atoms in total. The lowest BCUT2D eigenvalue weighted by molar-refractivity contribution is 0.344. The molecule has 0 bridgehead atoms. The van der Waals surface area contributed by atoms with Crippen molar-refractivity contribution in [2.24, 2.45) is 5.73 Å². The van der Waals surface area contributed by atoms with Crippen LogP contribution in [-0.4, -0.2) is 18.2 Å². The summed E-state index contributed by atoms with van der Waals surface area (Å²) in [6, 6.07) is 0. The number of hydrogen-bond acceptors (Lipinski definition) is 4. The van der Waals surface area contributed by atoms with Crippen LogP contribution in [0.25, 0.3) is 0 Å². The van der Waals surface area contributed by atoms with Gasteiger partial charge in [-0.2, -0.15) is 5.10 Å². The maximum absolute atomic E-state index is 11.6. The van der Waals surface area contributed by atoms with E-state index in [9.17, 15) is 8.42 Å². The number of nitrogens with zero attached hydrogens (tertiary/aromatic N) is 2. The molecule has 90 valence electrons. The first-order chi connectivity index (χ1) is 7.24. The second-order valence-electron chi connectivity index (χ2n) is 5.19. The van der Waals surface area contributed by atoms with Crippen molar-refractivity contribution in [1.82, 2.24) is 9.78 Å². The van der Waals surface area contributed by atoms with Gasteiger partial charge in [0.15, 0.2) is 9.84 Å². The Morgan fingerprint density at radius 2 is 2.00 bits per heavy atom. The maximum atomic E-state index is 11.6. The molecule has 0 amide bonds. The molecule has 1 aromatic rings. The van der Waals surface area contributed by atoms with Gasteiger partial charge in [-0.1, -0.05) is 0 Å². The number of fused-ring (bicyclic) bond motifs is 1. The zero-order valence-electron chi connectivity index (χ0n) is 9.82. The monoisotopic (exact) mass is 243 g/mol. The second-order valence-corrected chi connectivity index (χ2v) is 7.26. The zero-order chi connectivity index (χ0) is 12.1. The van der Waals surface area contributed by atoms with Crippen LogP contribution >= 0.6 is 0 Å². The van der Waals surface area contributed by atoms with Crippen LogP contribution in [0.15, 0.2) is 0 Å². The molecule has 2 rings (SSSR count). The Kier molecular flexibility index (Phi) is 2.40. The van der Waals surface area contributed by atoms with Crippen LogP contribution in [0.5, 0.6) is 0 Å². The highest BCUT2D eigenvalue weighted by Crippen LogP contribution is 2.31. The summed E-state index contributed by atoms with van der Waals surface area (Å²) >= 11 is 0. The molecular weight excluding hydrogens is 226 g/mol. The smallest absolute Gasteiger partial charge is 0.160 e. The van der Waals surface area contributed by atoms with Gasteiger partial charge in [0.25, 0.3) is 0 Å². The Morgan fingerprint density at radius 3 is 2.50 bits per heavy atom. The highest BCUT2D eigenvalue weighted by molar-refractivity contribution is 7.90. The van der Waals surface area contributed by atoms with Gasteiger partial charge in [-0.25, -0.2) is 8.42 Å². The summed E-state index contributed by atoms with van der Waals surface area (Å²) in [6.07, 6.45) is 0. The van der Waals surface area contributed by atoms with Crippen molar-refractivity contribution in [3.05, 3.63) is 17.0 Å². The Balaban J connectivity index is 2.61. The number of nitrogens with two attached hydrogens (primary N) is 1. The van der Waals surface area contributed by atoms with Crippen molar-refractivity contribution in [3.63, 3.8) is 0 Å². The van der Waals surface area contributed by atoms with Gasteiger partial charge < -0.3 is 5.73 Å². The average molecular weight is 243 g/mol. The molecule has 0 aromatic carbocycles. The largest absolute Gasteiger partial charge is 0.325 e. The minimum absolute atomic E-state index is 0.0882. The molecule has 0 spiro atoms. The van der Waals surface area contributed by atoms with E-state index in [-0.39, 0.29) is 17.0 Å². The molecule has 2 heterocycles. The third-order valence-electron chi connectivity index (χ3n) is 2.72. The number of hydrogen-bond donors (Lipinski definition) is 1. The summed E-state index contributed by atoms with van der Waals surface area (Å²) in [7, 11) is -2.99. The third kappa shape index (κ3) is 1.76. The fourth-order valence-electron chi connectivity index (χ4n) is 2.05. The standard InChI is InChI=1S/C10H17N3O2S/c1-10(2,3)13-9-6-16(14,15)5-7(9)8(4-11)12-13/h4-6,11H2,1-3H3. The molecule has 2 N–H and O–H groups in total. The quantitative estimate of drug-likeness (QED) is 0.780. The van der Waals surface area contributed by atoms with Crippen LogP contribution < -0.4 is 5.73 Å². The normalized spacial score (nSPS) is 18.8. The van der Waals surface area contributed by atoms with Gasteiger partial charge in [0.05, 0.1) is 28.4 Å². The van der Waals surface area contributed by atoms with E-state index in [4.69, 9.17) is 5.73 Å². The predicted molar refractivity (Wildman–Crippen MR) is 61.4 cm³/mol. The van der Waals surface area contributed by atoms with E-state index in [0.717, 1.165) is 11.3 Å². The fraction of sp³-hybridized carbons (Fsp3) is 0.700. The van der Waals surface area contributed by atoms with Crippen molar-refractivity contribution in [2.45, 2.75) is 44.4 Å². The molecular formula is C10H17N3O2S. The molecule has 16 heavy (non-hydrogen) atoms. The summed E-state index contributed by atoms with van der Waals surface area (Å²) in [5.41, 5.74) is 7.73. The van der Waals surface area contributed by atoms with Crippen LogP contribution in [0.2, 0.25) is 0 Å². The average Bonchev–Trinajstić information content (AvgIpc) is 2.55. The van der Waals surface area contributed by atoms with E-state index < -0.39 is 9.84 Å². The third-order valence-corrected chi connectivity index (χ3v) is 4.16. The van der Waals surface area contributed by atoms with Gasteiger partial charge in [0, 0.05) is 12.1 Å². The van der Waals surface area contributed by atoms with Crippen LogP contribution in [-0.2, 0) is 33.4 Å². The lowest BCUT2D eigenvalue weighted by Crippen LogP contribution is -2.25. The van der Waals surface area contributed by atoms with Crippen molar-refractivity contribution in [1.29, 1.82) is 0 Å². The van der Waals surface area contributed by atoms with Crippen LogP contribution in [0.4, 0.5) is 0 Å². The number of rotatable bonds is 1. The second kappa shape index (κ2) is 3.30. The summed E-state index contributed by atoms with van der Waals surface area (Å²) in [4.78, 5) is 0. The topological polar surface area (TPSA) is 78.0 Å². The van der Waals surface area contributed by atoms with Gasteiger partial charge in [0.2, 0.25) is 0 Å². The van der Waals surface area contributed by atoms with E-state index in [0.29, 0.717) is 12.2 Å². The highest BCUT2D eigenvalue weighted by atomic mass is 32.2. The van der Waals surface area contributed by atoms with Crippen molar-refractivity contribution in [2.75, 3.05) is 0 Å². The van der Waals surface area contributed by atoms with E-state index in [1.807, 2.05) is 20.8 Å². The molecule has 0 atom stereocenters. The molecule has 0 saturated carbocycles. The van der Waals surface area contributed by atoms with Crippen molar-refractivity contribution >= 4 is 9.84 Å². The molecule has 1 aliphatic heterocycles. The van der Waals surface area contributed by atoms with Crippen molar-refractivity contribution < 1.29 is 8.42 Å². The summed E-state index contributed by atoms with van der Waals surface area (Å²) < 4.78 is 25.0. The van der Waals surface area contributed by atoms with Crippen molar-refractivity contribution in [3.8, 4) is 0 Å². The molecule has 1 aliphatic rings. The molecule has 0 unspecified atom stereocenters. The van der Waals surface area contributed by atoms with E-state index in [2.05, 4.69) is 5.10 Å². The van der Waals surface area contributed by atoms with E-state index in [1.54, 1.807) is 4.68 Å². The molecule has 1 aromatic heterocycles. The Bertz CT molecular complexity index is 523. The van der Waals surface area contributed by atoms with E-state index >= 15 is 0 Å². The molecule has 0 saturated heterocycles. The van der Waals surface area contributed by atoms with Crippen LogP contribution in [0, 0.1) is 0 Å². The van der Waals surface area contributed by atoms with Gasteiger partial charge in [0.1, 0.15) is 0 Å². The number of aromatic nitrogens is 2. The lowest BCUT2D eigenvalue weighted by Gasteiger charge is -2.21. The Morgan fingerprint density at radius 1 is 1.38 bits per heavy atom. The van der Waals surface area contributed by atoms with Gasteiger partial charge in [-0.05, 0) is 20.8 Å². The molecule has 0 radical (unpaired) electrons. The van der Waals surface area contributed by atoms with Gasteiger partial charge >= 0.3 is 0 Å². The first-order valence-corrected chi connectivity index (χ1v) is 7.07. The number of sulfone groups is 1. The molecule has 6 heteroatoms. The summed E-state index contributed by atoms with van der Waals surface area (Å²) in [5.74, 6) is 0.178. The predicted octanol–water partition coefficient (Wildman–Crippen LogP) is 0.525. The fourth-order valence-corrected chi connectivity index (χ4v) is 3.64. The van der Waals surface area contributed by atoms with Gasteiger partial charge in [-0.3, -0.25) is 4.68 Å². The minimum Gasteiger partial charge on any atom is -0.325 e. The lowest BCUT2D eigenvalue weighted by atomic mass is 10.1. The molecule has 0 aliphatic carbocycles. The maximum Gasteiger partial charge on any atom is 0.160 e. The summed E-state index contributed by atoms with van der Waals surface area (Å²) in [5, 5.41) is 4.41. The van der Waals surface area contributed by atoms with Gasteiger partial charge in [-0.15, -0.1) is 0 Å². The Hall–Kier alpha value is -0.880. The van der Waals surface area contributed by atoms with E-state index in [1.165, 1.54) is 0 Å². The first kappa shape index (κ1) is 11.6. The minimum atomic E-state index is -2.99. The van der Waals surface area contributed by atoms with Crippen LogP contribution in [0.1, 0.15) is 37.7 Å². The molecule has 0 fully saturated rings.